The minimum Gasteiger partial charge on any atom is -0.469 e. The summed E-state index contributed by atoms with van der Waals surface area (Å²) in [6.07, 6.45) is -0.588. The van der Waals surface area contributed by atoms with Gasteiger partial charge in [-0.25, -0.2) is 9.09 Å². The number of carbonyl (C=O) groups is 3. The summed E-state index contributed by atoms with van der Waals surface area (Å²) in [4.78, 5) is 35.4. The Morgan fingerprint density at radius 2 is 1.81 bits per heavy atom. The molecule has 1 heterocycles. The summed E-state index contributed by atoms with van der Waals surface area (Å²) < 4.78 is 37.6. The summed E-state index contributed by atoms with van der Waals surface area (Å²) in [7, 11) is -2.79. The Kier molecular flexibility index (Phi) is 8.16. The number of phosphoric ester groups is 1. The van der Waals surface area contributed by atoms with Crippen LogP contribution in [-0.4, -0.2) is 44.3 Å². The van der Waals surface area contributed by atoms with Crippen molar-refractivity contribution in [3.63, 3.8) is 0 Å². The number of ether oxygens (including phenoxy) is 2. The van der Waals surface area contributed by atoms with Gasteiger partial charge in [0, 0.05) is 18.3 Å². The fourth-order valence-electron chi connectivity index (χ4n) is 2.19. The van der Waals surface area contributed by atoms with Crippen molar-refractivity contribution in [3.8, 4) is 0 Å². The molecular formula is C17H29O9P. The highest BCUT2D eigenvalue weighted by Crippen LogP contribution is 2.57. The van der Waals surface area contributed by atoms with E-state index >= 15 is 0 Å². The maximum atomic E-state index is 12.6. The van der Waals surface area contributed by atoms with Gasteiger partial charge in [-0.05, 0) is 27.2 Å². The first-order valence-corrected chi connectivity index (χ1v) is 10.1. The molecule has 0 spiro atoms. The van der Waals surface area contributed by atoms with Gasteiger partial charge in [-0.1, -0.05) is 13.8 Å². The van der Waals surface area contributed by atoms with E-state index in [0.717, 1.165) is 0 Å². The number of esters is 2. The van der Waals surface area contributed by atoms with Gasteiger partial charge in [0.2, 0.25) is 6.79 Å². The summed E-state index contributed by atoms with van der Waals surface area (Å²) in [6.45, 7) is 7.81. The second-order valence-corrected chi connectivity index (χ2v) is 9.64. The van der Waals surface area contributed by atoms with Gasteiger partial charge < -0.3 is 9.47 Å². The number of methoxy groups -OCH3 is 1. The van der Waals surface area contributed by atoms with E-state index in [9.17, 15) is 18.9 Å². The van der Waals surface area contributed by atoms with Crippen molar-refractivity contribution in [3.05, 3.63) is 0 Å². The average molecular weight is 408 g/mol. The first kappa shape index (κ1) is 23.8. The molecule has 0 radical (unpaired) electrons. The van der Waals surface area contributed by atoms with Gasteiger partial charge in [-0.3, -0.25) is 23.4 Å². The lowest BCUT2D eigenvalue weighted by Crippen LogP contribution is -2.45. The van der Waals surface area contributed by atoms with Gasteiger partial charge in [0.25, 0.3) is 0 Å². The standard InChI is InChI=1S/C17H29O9P/c1-16(2,3)15(20)23-11-25-27(21)24-10-17(4,5)14(26-27)12(18)8-7-9-13(19)22-6/h14H,7-11H2,1-6H3/t14-,27-/m0/s1. The first-order valence-electron chi connectivity index (χ1n) is 8.65. The van der Waals surface area contributed by atoms with Crippen molar-refractivity contribution in [2.75, 3.05) is 20.5 Å². The molecular weight excluding hydrogens is 379 g/mol. The molecule has 1 aliphatic heterocycles. The molecule has 1 rings (SSSR count). The van der Waals surface area contributed by atoms with Crippen LogP contribution in [0.2, 0.25) is 0 Å². The number of Topliss-reactive ketones (excluding diaryl/α,β-unsaturated/α-hetero) is 1. The molecule has 1 saturated heterocycles. The minimum atomic E-state index is -4.06. The van der Waals surface area contributed by atoms with Crippen molar-refractivity contribution in [1.82, 2.24) is 0 Å². The smallest absolute Gasteiger partial charge is 0.469 e. The van der Waals surface area contributed by atoms with Crippen LogP contribution >= 0.6 is 7.82 Å². The SMILES string of the molecule is COC(=O)CCCC(=O)[C@@H]1O[P@](=O)(OCOC(=O)C(C)(C)C)OCC1(C)C. The molecule has 9 nitrogen and oxygen atoms in total. The third-order valence-electron chi connectivity index (χ3n) is 3.88. The fraction of sp³-hybridized carbons (Fsp3) is 0.824. The molecule has 0 aliphatic carbocycles. The summed E-state index contributed by atoms with van der Waals surface area (Å²) >= 11 is 0. The molecule has 27 heavy (non-hydrogen) atoms. The van der Waals surface area contributed by atoms with Gasteiger partial charge in [0.05, 0.1) is 19.1 Å². The normalized spacial score (nSPS) is 24.9. The Bertz CT molecular complexity index is 606. The van der Waals surface area contributed by atoms with E-state index in [4.69, 9.17) is 18.3 Å². The molecule has 0 aromatic rings. The van der Waals surface area contributed by atoms with Crippen LogP contribution in [0.25, 0.3) is 0 Å². The zero-order valence-electron chi connectivity index (χ0n) is 16.7. The van der Waals surface area contributed by atoms with E-state index in [1.807, 2.05) is 0 Å². The maximum Gasteiger partial charge on any atom is 0.478 e. The van der Waals surface area contributed by atoms with E-state index in [0.29, 0.717) is 0 Å². The first-order chi connectivity index (χ1) is 12.3. The molecule has 0 aromatic heterocycles. The molecule has 156 valence electrons. The lowest BCUT2D eigenvalue weighted by molar-refractivity contribution is -0.163. The Labute approximate surface area is 159 Å². The van der Waals surface area contributed by atoms with Crippen LogP contribution in [0.3, 0.4) is 0 Å². The van der Waals surface area contributed by atoms with Crippen LogP contribution in [0.1, 0.15) is 53.9 Å². The average Bonchev–Trinajstić information content (AvgIpc) is 2.56. The summed E-state index contributed by atoms with van der Waals surface area (Å²) in [5.74, 6) is -1.27. The van der Waals surface area contributed by atoms with Crippen LogP contribution in [0.5, 0.6) is 0 Å². The molecule has 0 saturated carbocycles. The zero-order valence-corrected chi connectivity index (χ0v) is 17.6. The van der Waals surface area contributed by atoms with E-state index in [1.54, 1.807) is 34.6 Å². The Hall–Kier alpha value is -1.28. The second-order valence-electron chi connectivity index (χ2n) is 8.02. The highest BCUT2D eigenvalue weighted by molar-refractivity contribution is 7.48. The Morgan fingerprint density at radius 1 is 1.19 bits per heavy atom. The van der Waals surface area contributed by atoms with E-state index < -0.39 is 43.5 Å². The lowest BCUT2D eigenvalue weighted by atomic mass is 9.84. The third-order valence-corrected chi connectivity index (χ3v) is 5.21. The molecule has 0 bridgehead atoms. The number of hydrogen-bond acceptors (Lipinski definition) is 9. The van der Waals surface area contributed by atoms with Crippen LogP contribution < -0.4 is 0 Å². The Morgan fingerprint density at radius 3 is 2.37 bits per heavy atom. The van der Waals surface area contributed by atoms with Crippen molar-refractivity contribution < 1.29 is 42.0 Å². The van der Waals surface area contributed by atoms with Crippen molar-refractivity contribution in [2.45, 2.75) is 60.0 Å². The largest absolute Gasteiger partial charge is 0.478 e. The van der Waals surface area contributed by atoms with E-state index in [-0.39, 0.29) is 31.7 Å². The van der Waals surface area contributed by atoms with Gasteiger partial charge in [0.1, 0.15) is 6.10 Å². The monoisotopic (exact) mass is 408 g/mol. The molecule has 0 unspecified atom stereocenters. The summed E-state index contributed by atoms with van der Waals surface area (Å²) in [5.41, 5.74) is -1.48. The number of hydrogen-bond donors (Lipinski definition) is 0. The summed E-state index contributed by atoms with van der Waals surface area (Å²) in [6, 6.07) is 0. The molecule has 0 amide bonds. The zero-order chi connectivity index (χ0) is 20.9. The predicted octanol–water partition coefficient (Wildman–Crippen LogP) is 3.01. The van der Waals surface area contributed by atoms with Gasteiger partial charge in [-0.2, -0.15) is 0 Å². The number of carbonyl (C=O) groups excluding carboxylic acids is 3. The van der Waals surface area contributed by atoms with E-state index in [1.165, 1.54) is 7.11 Å². The Balaban J connectivity index is 2.65. The number of phosphoric acid groups is 1. The van der Waals surface area contributed by atoms with Crippen molar-refractivity contribution in [1.29, 1.82) is 0 Å². The second kappa shape index (κ2) is 9.28. The molecule has 1 fully saturated rings. The van der Waals surface area contributed by atoms with Gasteiger partial charge in [-0.15, -0.1) is 0 Å². The topological polar surface area (TPSA) is 114 Å². The van der Waals surface area contributed by atoms with Gasteiger partial charge >= 0.3 is 19.8 Å². The van der Waals surface area contributed by atoms with Crippen LogP contribution in [0.4, 0.5) is 0 Å². The van der Waals surface area contributed by atoms with E-state index in [2.05, 4.69) is 4.74 Å². The van der Waals surface area contributed by atoms with Crippen LogP contribution in [0, 0.1) is 10.8 Å². The molecule has 0 aromatic carbocycles. The fourth-order valence-corrected chi connectivity index (χ4v) is 3.72. The van der Waals surface area contributed by atoms with Crippen LogP contribution in [-0.2, 0) is 42.0 Å². The van der Waals surface area contributed by atoms with Crippen molar-refractivity contribution >= 4 is 25.5 Å². The van der Waals surface area contributed by atoms with Gasteiger partial charge in [0.15, 0.2) is 5.78 Å². The van der Waals surface area contributed by atoms with Crippen LogP contribution in [0.15, 0.2) is 0 Å². The highest BCUT2D eigenvalue weighted by Gasteiger charge is 2.48. The predicted molar refractivity (Wildman–Crippen MR) is 94.6 cm³/mol. The maximum absolute atomic E-state index is 12.6. The third kappa shape index (κ3) is 7.33. The van der Waals surface area contributed by atoms with Crippen molar-refractivity contribution in [2.24, 2.45) is 10.8 Å². The molecule has 2 atom stereocenters. The summed E-state index contributed by atoms with van der Waals surface area (Å²) in [5, 5.41) is 0. The highest BCUT2D eigenvalue weighted by atomic mass is 31.2. The molecule has 0 N–H and O–H groups in total. The number of rotatable bonds is 8. The number of ketones is 1. The molecule has 1 aliphatic rings. The quantitative estimate of drug-likeness (QED) is 0.339. The molecule has 10 heteroatoms. The minimum absolute atomic E-state index is 0.0368. The lowest BCUT2D eigenvalue weighted by Gasteiger charge is -2.39.